The number of carboxylic acid groups (broad SMARTS) is 1. The quantitative estimate of drug-likeness (QED) is 0.798. The number of hydrogen-bond acceptors (Lipinski definition) is 4. The first-order valence-corrected chi connectivity index (χ1v) is 7.64. The Hall–Kier alpha value is -0.630. The molecule has 0 spiro atoms. The van der Waals surface area contributed by atoms with Crippen LogP contribution in [0.25, 0.3) is 0 Å². The largest absolute Gasteiger partial charge is 0.598 e. The molecule has 0 aromatic carbocycles. The van der Waals surface area contributed by atoms with Crippen LogP contribution in [0.3, 0.4) is 0 Å². The van der Waals surface area contributed by atoms with Gasteiger partial charge >= 0.3 is 5.97 Å². The van der Waals surface area contributed by atoms with Crippen LogP contribution in [-0.2, 0) is 16.2 Å². The molecular formula is C12H17BrN2O3S. The number of nitrogens with zero attached hydrogens (tertiary/aromatic N) is 1. The molecule has 2 atom stereocenters. The van der Waals surface area contributed by atoms with Crippen LogP contribution in [-0.4, -0.2) is 25.4 Å². The summed E-state index contributed by atoms with van der Waals surface area (Å²) in [6, 6.07) is 1.23. The first-order chi connectivity index (χ1) is 8.70. The minimum atomic E-state index is -1.35. The second kappa shape index (κ2) is 6.69. The molecule has 0 radical (unpaired) electrons. The van der Waals surface area contributed by atoms with Crippen LogP contribution < -0.4 is 4.72 Å². The summed E-state index contributed by atoms with van der Waals surface area (Å²) >= 11 is 1.94. The fourth-order valence-electron chi connectivity index (χ4n) is 1.33. The van der Waals surface area contributed by atoms with E-state index in [2.05, 4.69) is 25.6 Å². The Morgan fingerprint density at radius 1 is 1.58 bits per heavy atom. The Balaban J connectivity index is 2.92. The van der Waals surface area contributed by atoms with Crippen LogP contribution in [0.2, 0.25) is 0 Å². The van der Waals surface area contributed by atoms with Gasteiger partial charge in [-0.1, -0.05) is 0 Å². The van der Waals surface area contributed by atoms with E-state index in [1.165, 1.54) is 0 Å². The monoisotopic (exact) mass is 348 g/mol. The minimum absolute atomic E-state index is 0.153. The van der Waals surface area contributed by atoms with Gasteiger partial charge in [0.1, 0.15) is 4.75 Å². The van der Waals surface area contributed by atoms with Gasteiger partial charge in [0.15, 0.2) is 0 Å². The lowest BCUT2D eigenvalue weighted by Gasteiger charge is -2.27. The number of nitrogens with one attached hydrogen (secondary N) is 1. The predicted molar refractivity (Wildman–Crippen MR) is 78.0 cm³/mol. The highest BCUT2D eigenvalue weighted by molar-refractivity contribution is 9.10. The van der Waals surface area contributed by atoms with E-state index < -0.39 is 28.1 Å². The van der Waals surface area contributed by atoms with E-state index in [-0.39, 0.29) is 6.42 Å². The zero-order valence-corrected chi connectivity index (χ0v) is 13.4. The summed E-state index contributed by atoms with van der Waals surface area (Å²) in [5.41, 5.74) is 0.689. The SMILES string of the molecule is CC(C)(C)[S@@+]([O-])NC(CC(=O)O)c1cncc(Br)c1. The zero-order chi connectivity index (χ0) is 14.6. The smallest absolute Gasteiger partial charge is 0.305 e. The molecule has 106 valence electrons. The number of hydrogen-bond donors (Lipinski definition) is 2. The van der Waals surface area contributed by atoms with Gasteiger partial charge < -0.3 is 9.66 Å². The van der Waals surface area contributed by atoms with Crippen LogP contribution in [0.5, 0.6) is 0 Å². The highest BCUT2D eigenvalue weighted by Crippen LogP contribution is 2.23. The minimum Gasteiger partial charge on any atom is -0.598 e. The van der Waals surface area contributed by atoms with Crippen LogP contribution in [0.1, 0.15) is 38.8 Å². The van der Waals surface area contributed by atoms with E-state index in [1.807, 2.05) is 20.8 Å². The normalized spacial score (nSPS) is 15.0. The summed E-state index contributed by atoms with van der Waals surface area (Å²) in [6.45, 7) is 5.48. The van der Waals surface area contributed by atoms with Crippen molar-refractivity contribution in [3.05, 3.63) is 28.5 Å². The van der Waals surface area contributed by atoms with E-state index in [1.54, 1.807) is 18.5 Å². The Labute approximate surface area is 124 Å². The lowest BCUT2D eigenvalue weighted by Crippen LogP contribution is -2.41. The molecule has 1 unspecified atom stereocenters. The topological polar surface area (TPSA) is 85.3 Å². The fraction of sp³-hybridized carbons (Fsp3) is 0.500. The lowest BCUT2D eigenvalue weighted by molar-refractivity contribution is -0.137. The summed E-state index contributed by atoms with van der Waals surface area (Å²) in [5, 5.41) is 8.96. The number of halogens is 1. The molecule has 2 N–H and O–H groups in total. The van der Waals surface area contributed by atoms with E-state index in [9.17, 15) is 9.35 Å². The van der Waals surface area contributed by atoms with Gasteiger partial charge in [-0.05, 0) is 48.3 Å². The third kappa shape index (κ3) is 5.48. The highest BCUT2D eigenvalue weighted by atomic mass is 79.9. The van der Waals surface area contributed by atoms with Crippen LogP contribution in [0, 0.1) is 0 Å². The Bertz CT molecular complexity index is 451. The van der Waals surface area contributed by atoms with Gasteiger partial charge in [-0.25, -0.2) is 0 Å². The summed E-state index contributed by atoms with van der Waals surface area (Å²) in [5.74, 6) is -0.955. The summed E-state index contributed by atoms with van der Waals surface area (Å²) in [6.07, 6.45) is 3.03. The predicted octanol–water partition coefficient (Wildman–Crippen LogP) is 2.41. The van der Waals surface area contributed by atoms with Crippen molar-refractivity contribution in [2.24, 2.45) is 0 Å². The van der Waals surface area contributed by atoms with E-state index in [4.69, 9.17) is 5.11 Å². The first-order valence-electron chi connectivity index (χ1n) is 5.70. The molecule has 0 fully saturated rings. The highest BCUT2D eigenvalue weighted by Gasteiger charge is 2.30. The van der Waals surface area contributed by atoms with Gasteiger partial charge in [0.2, 0.25) is 0 Å². The average molecular weight is 349 g/mol. The summed E-state index contributed by atoms with van der Waals surface area (Å²) in [7, 11) is 0. The number of aliphatic carboxylic acids is 1. The molecule has 0 saturated carbocycles. The Morgan fingerprint density at radius 2 is 2.21 bits per heavy atom. The van der Waals surface area contributed by atoms with Gasteiger partial charge in [-0.15, -0.1) is 4.72 Å². The Morgan fingerprint density at radius 3 is 2.68 bits per heavy atom. The van der Waals surface area contributed by atoms with Crippen molar-refractivity contribution in [1.82, 2.24) is 9.71 Å². The molecule has 19 heavy (non-hydrogen) atoms. The van der Waals surface area contributed by atoms with Crippen molar-refractivity contribution in [1.29, 1.82) is 0 Å². The van der Waals surface area contributed by atoms with Gasteiger partial charge in [0.25, 0.3) is 0 Å². The molecule has 0 saturated heterocycles. The van der Waals surface area contributed by atoms with Crippen molar-refractivity contribution in [2.45, 2.75) is 38.0 Å². The van der Waals surface area contributed by atoms with Crippen LogP contribution in [0.4, 0.5) is 0 Å². The maximum atomic E-state index is 12.1. The van der Waals surface area contributed by atoms with Crippen molar-refractivity contribution in [2.75, 3.05) is 0 Å². The molecule has 0 aliphatic carbocycles. The van der Waals surface area contributed by atoms with Gasteiger partial charge in [-0.2, -0.15) is 0 Å². The number of carboxylic acids is 1. The number of aromatic nitrogens is 1. The molecule has 7 heteroatoms. The number of pyridine rings is 1. The molecule has 1 aromatic rings. The lowest BCUT2D eigenvalue weighted by atomic mass is 10.1. The molecule has 1 heterocycles. The maximum absolute atomic E-state index is 12.1. The van der Waals surface area contributed by atoms with Gasteiger partial charge in [0, 0.05) is 28.2 Å². The van der Waals surface area contributed by atoms with E-state index >= 15 is 0 Å². The van der Waals surface area contributed by atoms with Crippen molar-refractivity contribution in [3.63, 3.8) is 0 Å². The first kappa shape index (κ1) is 16.4. The van der Waals surface area contributed by atoms with Crippen LogP contribution >= 0.6 is 15.9 Å². The standard InChI is InChI=1S/C12H17BrN2O3S/c1-12(2,3)19(18)15-10(5-11(16)17)8-4-9(13)7-14-6-8/h4,6-7,10,15H,5H2,1-3H3,(H,16,17)/t10?,19-/m1/s1. The second-order valence-corrected chi connectivity index (χ2v) is 8.00. The molecule has 0 amide bonds. The summed E-state index contributed by atoms with van der Waals surface area (Å²) in [4.78, 5) is 14.9. The molecule has 1 rings (SSSR count). The summed E-state index contributed by atoms with van der Waals surface area (Å²) < 4.78 is 15.2. The number of carbonyl (C=O) groups is 1. The maximum Gasteiger partial charge on any atom is 0.305 e. The number of rotatable bonds is 5. The third-order valence-corrected chi connectivity index (χ3v) is 4.36. The van der Waals surface area contributed by atoms with Crippen molar-refractivity contribution >= 4 is 33.3 Å². The average Bonchev–Trinajstić information content (AvgIpc) is 2.26. The Kier molecular flexibility index (Phi) is 5.79. The molecule has 5 nitrogen and oxygen atoms in total. The van der Waals surface area contributed by atoms with E-state index in [0.717, 1.165) is 4.47 Å². The van der Waals surface area contributed by atoms with Gasteiger partial charge in [0.05, 0.1) is 12.5 Å². The molecule has 0 aliphatic heterocycles. The molecule has 1 aromatic heterocycles. The zero-order valence-electron chi connectivity index (χ0n) is 11.0. The van der Waals surface area contributed by atoms with E-state index in [0.29, 0.717) is 5.56 Å². The molecule has 0 bridgehead atoms. The second-order valence-electron chi connectivity index (χ2n) is 5.09. The van der Waals surface area contributed by atoms with Gasteiger partial charge in [-0.3, -0.25) is 9.78 Å². The van der Waals surface area contributed by atoms with Crippen molar-refractivity contribution < 1.29 is 14.5 Å². The fourth-order valence-corrected chi connectivity index (χ4v) is 2.54. The molecule has 0 aliphatic rings. The van der Waals surface area contributed by atoms with Crippen LogP contribution in [0.15, 0.2) is 22.9 Å². The van der Waals surface area contributed by atoms with Crippen molar-refractivity contribution in [3.8, 4) is 0 Å². The third-order valence-electron chi connectivity index (χ3n) is 2.31. The molecular weight excluding hydrogens is 332 g/mol.